The standard InChI is InChI=1S/C9H11N3O4/c10-9(11-13)5-6-16-8-3-1-7(2-4-8)12(14)15/h1-4,13H,5-6H2,(H2,10,11). The second-order valence-corrected chi connectivity index (χ2v) is 2.94. The molecule has 0 aliphatic heterocycles. The molecular formula is C9H11N3O4. The summed E-state index contributed by atoms with van der Waals surface area (Å²) in [6, 6.07) is 5.67. The number of amidine groups is 1. The molecule has 0 saturated carbocycles. The first-order chi connectivity index (χ1) is 7.63. The molecule has 0 bridgehead atoms. The maximum atomic E-state index is 10.4. The zero-order valence-electron chi connectivity index (χ0n) is 8.37. The van der Waals surface area contributed by atoms with Crippen molar-refractivity contribution in [1.29, 1.82) is 0 Å². The minimum Gasteiger partial charge on any atom is -0.493 e. The van der Waals surface area contributed by atoms with Gasteiger partial charge in [-0.1, -0.05) is 5.16 Å². The predicted octanol–water partition coefficient (Wildman–Crippen LogP) is 1.11. The van der Waals surface area contributed by atoms with E-state index in [0.29, 0.717) is 5.75 Å². The summed E-state index contributed by atoms with van der Waals surface area (Å²) in [6.45, 7) is 0.244. The number of non-ortho nitro benzene ring substituents is 1. The van der Waals surface area contributed by atoms with Gasteiger partial charge in [-0.3, -0.25) is 10.1 Å². The molecular weight excluding hydrogens is 214 g/mol. The topological polar surface area (TPSA) is 111 Å². The first kappa shape index (κ1) is 11.8. The van der Waals surface area contributed by atoms with Gasteiger partial charge in [0.25, 0.3) is 5.69 Å². The first-order valence-corrected chi connectivity index (χ1v) is 4.47. The molecule has 16 heavy (non-hydrogen) atoms. The molecule has 0 amide bonds. The zero-order valence-corrected chi connectivity index (χ0v) is 8.37. The summed E-state index contributed by atoms with van der Waals surface area (Å²) in [6.07, 6.45) is 0.285. The molecule has 1 rings (SSSR count). The number of oxime groups is 1. The van der Waals surface area contributed by atoms with Gasteiger partial charge < -0.3 is 15.7 Å². The van der Waals surface area contributed by atoms with E-state index >= 15 is 0 Å². The molecule has 7 nitrogen and oxygen atoms in total. The highest BCUT2D eigenvalue weighted by Crippen LogP contribution is 2.17. The molecule has 0 fully saturated rings. The van der Waals surface area contributed by atoms with E-state index in [0.717, 1.165) is 0 Å². The summed E-state index contributed by atoms with van der Waals surface area (Å²) in [7, 11) is 0. The number of nitro groups is 1. The SMILES string of the molecule is N/C(CCOc1ccc([N+](=O)[O-])cc1)=N\O. The molecule has 7 heteroatoms. The van der Waals surface area contributed by atoms with Crippen LogP contribution in [0.3, 0.4) is 0 Å². The normalized spacial score (nSPS) is 11.1. The van der Waals surface area contributed by atoms with E-state index in [2.05, 4.69) is 5.16 Å². The van der Waals surface area contributed by atoms with E-state index < -0.39 is 4.92 Å². The second-order valence-electron chi connectivity index (χ2n) is 2.94. The van der Waals surface area contributed by atoms with Crippen molar-refractivity contribution in [3.05, 3.63) is 34.4 Å². The summed E-state index contributed by atoms with van der Waals surface area (Å²) in [4.78, 5) is 9.87. The van der Waals surface area contributed by atoms with Crippen LogP contribution >= 0.6 is 0 Å². The van der Waals surface area contributed by atoms with Crippen molar-refractivity contribution in [2.24, 2.45) is 10.9 Å². The number of nitrogens with two attached hydrogens (primary N) is 1. The van der Waals surface area contributed by atoms with Crippen molar-refractivity contribution in [2.75, 3.05) is 6.61 Å². The number of benzene rings is 1. The molecule has 86 valence electrons. The number of hydrogen-bond donors (Lipinski definition) is 2. The van der Waals surface area contributed by atoms with E-state index in [1.54, 1.807) is 0 Å². The Kier molecular flexibility index (Phi) is 4.07. The Morgan fingerprint density at radius 2 is 2.12 bits per heavy atom. The minimum atomic E-state index is -0.486. The van der Waals surface area contributed by atoms with Crippen LogP contribution in [-0.4, -0.2) is 22.6 Å². The lowest BCUT2D eigenvalue weighted by molar-refractivity contribution is -0.384. The van der Waals surface area contributed by atoms with Crippen LogP contribution in [0.1, 0.15) is 6.42 Å². The quantitative estimate of drug-likeness (QED) is 0.256. The predicted molar refractivity (Wildman–Crippen MR) is 56.6 cm³/mol. The van der Waals surface area contributed by atoms with Crippen LogP contribution < -0.4 is 10.5 Å². The van der Waals surface area contributed by atoms with Gasteiger partial charge >= 0.3 is 0 Å². The van der Waals surface area contributed by atoms with Crippen LogP contribution in [-0.2, 0) is 0 Å². The van der Waals surface area contributed by atoms with Gasteiger partial charge in [0, 0.05) is 18.6 Å². The Morgan fingerprint density at radius 1 is 1.50 bits per heavy atom. The molecule has 1 aromatic rings. The van der Waals surface area contributed by atoms with Crippen molar-refractivity contribution >= 4 is 11.5 Å². The van der Waals surface area contributed by atoms with Crippen LogP contribution in [0.4, 0.5) is 5.69 Å². The summed E-state index contributed by atoms with van der Waals surface area (Å²) in [5.74, 6) is 0.568. The lowest BCUT2D eigenvalue weighted by Gasteiger charge is -2.04. The smallest absolute Gasteiger partial charge is 0.269 e. The minimum absolute atomic E-state index is 0.00350. The monoisotopic (exact) mass is 225 g/mol. The molecule has 0 aliphatic rings. The van der Waals surface area contributed by atoms with Crippen LogP contribution in [0.25, 0.3) is 0 Å². The second kappa shape index (κ2) is 5.54. The molecule has 0 atom stereocenters. The van der Waals surface area contributed by atoms with Gasteiger partial charge in [0.2, 0.25) is 0 Å². The Bertz CT molecular complexity index is 388. The number of rotatable bonds is 5. The number of nitrogens with zero attached hydrogens (tertiary/aromatic N) is 2. The largest absolute Gasteiger partial charge is 0.493 e. The number of ether oxygens (including phenoxy) is 1. The van der Waals surface area contributed by atoms with Crippen molar-refractivity contribution in [1.82, 2.24) is 0 Å². The van der Waals surface area contributed by atoms with E-state index in [4.69, 9.17) is 15.7 Å². The Hall–Kier alpha value is -2.31. The van der Waals surface area contributed by atoms with Crippen LogP contribution in [0, 0.1) is 10.1 Å². The summed E-state index contributed by atoms with van der Waals surface area (Å²) in [5.41, 5.74) is 5.24. The zero-order chi connectivity index (χ0) is 12.0. The van der Waals surface area contributed by atoms with Crippen LogP contribution in [0.2, 0.25) is 0 Å². The number of hydrogen-bond acceptors (Lipinski definition) is 5. The molecule has 0 heterocycles. The van der Waals surface area contributed by atoms with Crippen LogP contribution in [0.15, 0.2) is 29.4 Å². The first-order valence-electron chi connectivity index (χ1n) is 4.47. The highest BCUT2D eigenvalue weighted by Gasteiger charge is 2.04. The lowest BCUT2D eigenvalue weighted by atomic mass is 10.3. The van der Waals surface area contributed by atoms with E-state index in [9.17, 15) is 10.1 Å². The van der Waals surface area contributed by atoms with E-state index in [1.165, 1.54) is 24.3 Å². The Balaban J connectivity index is 2.47. The fourth-order valence-corrected chi connectivity index (χ4v) is 0.988. The van der Waals surface area contributed by atoms with Gasteiger partial charge in [-0.05, 0) is 12.1 Å². The Labute approximate surface area is 91.3 Å². The molecule has 1 aromatic carbocycles. The average molecular weight is 225 g/mol. The van der Waals surface area contributed by atoms with Gasteiger partial charge in [-0.25, -0.2) is 0 Å². The third-order valence-corrected chi connectivity index (χ3v) is 1.80. The maximum absolute atomic E-state index is 10.4. The third-order valence-electron chi connectivity index (χ3n) is 1.80. The summed E-state index contributed by atoms with van der Waals surface area (Å²) in [5, 5.41) is 21.4. The number of nitro benzene ring substituents is 1. The fraction of sp³-hybridized carbons (Fsp3) is 0.222. The molecule has 0 saturated heterocycles. The molecule has 0 unspecified atom stereocenters. The average Bonchev–Trinajstić information content (AvgIpc) is 2.29. The van der Waals surface area contributed by atoms with Gasteiger partial charge in [0.05, 0.1) is 11.5 Å². The van der Waals surface area contributed by atoms with Crippen molar-refractivity contribution in [3.63, 3.8) is 0 Å². The van der Waals surface area contributed by atoms with Crippen LogP contribution in [0.5, 0.6) is 5.75 Å². The maximum Gasteiger partial charge on any atom is 0.269 e. The van der Waals surface area contributed by atoms with Gasteiger partial charge in [0.15, 0.2) is 0 Å². The molecule has 0 aliphatic carbocycles. The molecule has 0 aromatic heterocycles. The van der Waals surface area contributed by atoms with Gasteiger partial charge in [-0.2, -0.15) is 0 Å². The molecule has 0 spiro atoms. The highest BCUT2D eigenvalue weighted by atomic mass is 16.6. The molecule has 0 radical (unpaired) electrons. The molecule has 3 N–H and O–H groups in total. The fourth-order valence-electron chi connectivity index (χ4n) is 0.988. The van der Waals surface area contributed by atoms with Crippen molar-refractivity contribution in [3.8, 4) is 5.75 Å². The van der Waals surface area contributed by atoms with Gasteiger partial charge in [-0.15, -0.1) is 0 Å². The Morgan fingerprint density at radius 3 is 2.62 bits per heavy atom. The van der Waals surface area contributed by atoms with E-state index in [-0.39, 0.29) is 24.6 Å². The van der Waals surface area contributed by atoms with Crippen molar-refractivity contribution < 1.29 is 14.9 Å². The highest BCUT2D eigenvalue weighted by molar-refractivity contribution is 5.79. The van der Waals surface area contributed by atoms with E-state index in [1.807, 2.05) is 0 Å². The van der Waals surface area contributed by atoms with Crippen molar-refractivity contribution in [2.45, 2.75) is 6.42 Å². The lowest BCUT2D eigenvalue weighted by Crippen LogP contribution is -2.15. The summed E-state index contributed by atoms with van der Waals surface area (Å²) >= 11 is 0. The van der Waals surface area contributed by atoms with Gasteiger partial charge in [0.1, 0.15) is 11.6 Å². The third kappa shape index (κ3) is 3.45. The summed E-state index contributed by atoms with van der Waals surface area (Å²) < 4.78 is 5.22.